The van der Waals surface area contributed by atoms with E-state index in [4.69, 9.17) is 0 Å². The number of carboxylic acid groups (broad SMARTS) is 1. The molecule has 0 radical (unpaired) electrons. The lowest BCUT2D eigenvalue weighted by molar-refractivity contribution is -0.142. The highest BCUT2D eigenvalue weighted by atomic mass is 32.1. The Bertz CT molecular complexity index is 442. The molecule has 2 heterocycles. The molecule has 5 heteroatoms. The third-order valence-electron chi connectivity index (χ3n) is 3.80. The molecule has 0 saturated carbocycles. The largest absolute Gasteiger partial charge is 0.481 e. The summed E-state index contributed by atoms with van der Waals surface area (Å²) in [6.07, 6.45) is 2.42. The van der Waals surface area contributed by atoms with Crippen LogP contribution in [0.25, 0.3) is 0 Å². The number of carbonyl (C=O) groups is 1. The lowest BCUT2D eigenvalue weighted by atomic mass is 9.90. The van der Waals surface area contributed by atoms with Gasteiger partial charge >= 0.3 is 5.97 Å². The number of rotatable bonds is 4. The number of hydrogen-bond donors (Lipinski definition) is 1. The van der Waals surface area contributed by atoms with Crippen molar-refractivity contribution in [1.29, 1.82) is 0 Å². The zero-order valence-corrected chi connectivity index (χ0v) is 12.0. The molecular weight excluding hydrogens is 248 g/mol. The molecule has 1 atom stereocenters. The van der Waals surface area contributed by atoms with Gasteiger partial charge in [0.25, 0.3) is 0 Å². The third kappa shape index (κ3) is 2.36. The van der Waals surface area contributed by atoms with Crippen LogP contribution in [0.2, 0.25) is 0 Å². The van der Waals surface area contributed by atoms with Crippen molar-refractivity contribution in [3.63, 3.8) is 0 Å². The van der Waals surface area contributed by atoms with E-state index >= 15 is 0 Å². The van der Waals surface area contributed by atoms with Crippen LogP contribution in [0, 0.1) is 5.92 Å². The third-order valence-corrected chi connectivity index (χ3v) is 4.70. The summed E-state index contributed by atoms with van der Waals surface area (Å²) in [6, 6.07) is 0. The number of hydrogen-bond acceptors (Lipinski definition) is 4. The topological polar surface area (TPSA) is 53.4 Å². The van der Waals surface area contributed by atoms with Gasteiger partial charge in [0, 0.05) is 18.5 Å². The molecule has 100 valence electrons. The van der Waals surface area contributed by atoms with Gasteiger partial charge < -0.3 is 10.0 Å². The van der Waals surface area contributed by atoms with Crippen molar-refractivity contribution < 1.29 is 9.90 Å². The highest BCUT2D eigenvalue weighted by molar-refractivity contribution is 7.13. The highest BCUT2D eigenvalue weighted by Crippen LogP contribution is 2.32. The molecule has 1 aromatic rings. The maximum atomic E-state index is 11.2. The Kier molecular flexibility index (Phi) is 3.61. The first-order valence-corrected chi connectivity index (χ1v) is 7.27. The van der Waals surface area contributed by atoms with Crippen molar-refractivity contribution in [2.45, 2.75) is 39.0 Å². The van der Waals surface area contributed by atoms with Gasteiger partial charge in [-0.25, -0.2) is 4.98 Å². The van der Waals surface area contributed by atoms with Crippen LogP contribution < -0.4 is 4.90 Å². The number of aliphatic carboxylic acids is 1. The van der Waals surface area contributed by atoms with Crippen molar-refractivity contribution in [3.8, 4) is 0 Å². The first-order chi connectivity index (χ1) is 8.45. The Morgan fingerprint density at radius 3 is 2.94 bits per heavy atom. The van der Waals surface area contributed by atoms with E-state index in [1.807, 2.05) is 5.38 Å². The summed E-state index contributed by atoms with van der Waals surface area (Å²) < 4.78 is 0. The van der Waals surface area contributed by atoms with Crippen LogP contribution in [0.3, 0.4) is 0 Å². The lowest BCUT2D eigenvalue weighted by Crippen LogP contribution is -2.29. The van der Waals surface area contributed by atoms with Gasteiger partial charge in [-0.1, -0.05) is 13.3 Å². The summed E-state index contributed by atoms with van der Waals surface area (Å²) in [5.74, 6) is -0.0722. The zero-order valence-electron chi connectivity index (χ0n) is 11.1. The van der Waals surface area contributed by atoms with Crippen LogP contribution in [0.1, 0.15) is 39.3 Å². The Labute approximate surface area is 112 Å². The van der Waals surface area contributed by atoms with Crippen molar-refractivity contribution in [2.24, 2.45) is 5.92 Å². The molecule has 0 amide bonds. The SMILES string of the molecule is CCC1CCN(c2nc(C(C)(C)C(=O)O)cs2)C1. The number of nitrogens with zero attached hydrogens (tertiary/aromatic N) is 2. The fourth-order valence-corrected chi connectivity index (χ4v) is 3.18. The van der Waals surface area contributed by atoms with E-state index in [2.05, 4.69) is 16.8 Å². The summed E-state index contributed by atoms with van der Waals surface area (Å²) in [5.41, 5.74) is -0.242. The van der Waals surface area contributed by atoms with Crippen molar-refractivity contribution >= 4 is 22.4 Å². The molecule has 0 aromatic carbocycles. The second kappa shape index (κ2) is 4.88. The van der Waals surface area contributed by atoms with Crippen molar-refractivity contribution in [1.82, 2.24) is 4.98 Å². The molecule has 1 unspecified atom stereocenters. The van der Waals surface area contributed by atoms with Crippen LogP contribution in [0.5, 0.6) is 0 Å². The quantitative estimate of drug-likeness (QED) is 0.912. The van der Waals surface area contributed by atoms with Crippen LogP contribution in [-0.2, 0) is 10.2 Å². The van der Waals surface area contributed by atoms with E-state index < -0.39 is 11.4 Å². The minimum atomic E-state index is -0.904. The van der Waals surface area contributed by atoms with E-state index in [1.54, 1.807) is 25.2 Å². The average molecular weight is 268 g/mol. The Balaban J connectivity index is 2.14. The van der Waals surface area contributed by atoms with Gasteiger partial charge in [0.15, 0.2) is 5.13 Å². The predicted octanol–water partition coefficient (Wildman–Crippen LogP) is 2.74. The Morgan fingerprint density at radius 2 is 2.39 bits per heavy atom. The van der Waals surface area contributed by atoms with E-state index in [0.29, 0.717) is 5.69 Å². The summed E-state index contributed by atoms with van der Waals surface area (Å²) in [4.78, 5) is 18.0. The van der Waals surface area contributed by atoms with Gasteiger partial charge in [-0.05, 0) is 26.2 Å². The lowest BCUT2D eigenvalue weighted by Gasteiger charge is -2.17. The maximum absolute atomic E-state index is 11.2. The summed E-state index contributed by atoms with van der Waals surface area (Å²) in [6.45, 7) is 7.71. The Hall–Kier alpha value is -1.10. The maximum Gasteiger partial charge on any atom is 0.315 e. The molecule has 18 heavy (non-hydrogen) atoms. The second-order valence-corrected chi connectivity index (χ2v) is 6.29. The molecule has 4 nitrogen and oxygen atoms in total. The van der Waals surface area contributed by atoms with Gasteiger partial charge in [-0.15, -0.1) is 11.3 Å². The standard InChI is InChI=1S/C13H20N2O2S/c1-4-9-5-6-15(7-9)12-14-10(8-18-12)13(2,3)11(16)17/h8-9H,4-7H2,1-3H3,(H,16,17). The van der Waals surface area contributed by atoms with Crippen molar-refractivity contribution in [2.75, 3.05) is 18.0 Å². The molecule has 1 N–H and O–H groups in total. The van der Waals surface area contributed by atoms with Gasteiger partial charge in [-0.3, -0.25) is 4.79 Å². The van der Waals surface area contributed by atoms with Crippen LogP contribution in [0.15, 0.2) is 5.38 Å². The smallest absolute Gasteiger partial charge is 0.315 e. The molecule has 0 spiro atoms. The molecule has 2 rings (SSSR count). The molecular formula is C13H20N2O2S. The van der Waals surface area contributed by atoms with Gasteiger partial charge in [0.2, 0.25) is 0 Å². The minimum Gasteiger partial charge on any atom is -0.481 e. The minimum absolute atomic E-state index is 0.662. The fourth-order valence-electron chi connectivity index (χ4n) is 2.15. The molecule has 1 saturated heterocycles. The fraction of sp³-hybridized carbons (Fsp3) is 0.692. The normalized spacial score (nSPS) is 20.4. The molecule has 1 fully saturated rings. The van der Waals surface area contributed by atoms with Crippen LogP contribution in [0.4, 0.5) is 5.13 Å². The molecule has 1 aliphatic heterocycles. The molecule has 0 aliphatic carbocycles. The summed E-state index contributed by atoms with van der Waals surface area (Å²) in [5, 5.41) is 12.0. The van der Waals surface area contributed by atoms with Gasteiger partial charge in [0.05, 0.1) is 5.69 Å². The first-order valence-electron chi connectivity index (χ1n) is 6.39. The monoisotopic (exact) mass is 268 g/mol. The van der Waals surface area contributed by atoms with E-state index in [0.717, 1.165) is 24.1 Å². The zero-order chi connectivity index (χ0) is 13.3. The molecule has 1 aromatic heterocycles. The first kappa shape index (κ1) is 13.3. The van der Waals surface area contributed by atoms with Crippen LogP contribution >= 0.6 is 11.3 Å². The predicted molar refractivity (Wildman–Crippen MR) is 73.4 cm³/mol. The number of anilines is 1. The van der Waals surface area contributed by atoms with E-state index in [-0.39, 0.29) is 0 Å². The molecule has 0 bridgehead atoms. The number of carboxylic acids is 1. The van der Waals surface area contributed by atoms with Crippen molar-refractivity contribution in [3.05, 3.63) is 11.1 Å². The average Bonchev–Trinajstić information content (AvgIpc) is 2.97. The van der Waals surface area contributed by atoms with Gasteiger partial charge in [-0.2, -0.15) is 0 Å². The highest BCUT2D eigenvalue weighted by Gasteiger charge is 2.33. The number of thiazole rings is 1. The molecule has 1 aliphatic rings. The van der Waals surface area contributed by atoms with E-state index in [9.17, 15) is 9.90 Å². The second-order valence-electron chi connectivity index (χ2n) is 5.45. The van der Waals surface area contributed by atoms with Crippen LogP contribution in [-0.4, -0.2) is 29.1 Å². The summed E-state index contributed by atoms with van der Waals surface area (Å²) in [7, 11) is 0. The number of aromatic nitrogens is 1. The van der Waals surface area contributed by atoms with E-state index in [1.165, 1.54) is 12.8 Å². The Morgan fingerprint density at radius 1 is 1.67 bits per heavy atom. The summed E-state index contributed by atoms with van der Waals surface area (Å²) >= 11 is 1.56. The van der Waals surface area contributed by atoms with Gasteiger partial charge in [0.1, 0.15) is 5.41 Å².